The maximum Gasteiger partial charge on any atom is 0.408 e. The van der Waals surface area contributed by atoms with Gasteiger partial charge in [0.05, 0.1) is 0 Å². The van der Waals surface area contributed by atoms with Crippen LogP contribution in [0.5, 0.6) is 5.75 Å². The molecule has 2 rings (SSSR count). The van der Waals surface area contributed by atoms with Crippen LogP contribution in [0.1, 0.15) is 89.1 Å². The van der Waals surface area contributed by atoms with E-state index in [4.69, 9.17) is 4.74 Å². The van der Waals surface area contributed by atoms with Crippen molar-refractivity contribution in [2.75, 3.05) is 6.54 Å². The Morgan fingerprint density at radius 1 is 0.950 bits per heavy atom. The van der Waals surface area contributed by atoms with Crippen LogP contribution in [0.25, 0.3) is 0 Å². The van der Waals surface area contributed by atoms with E-state index in [2.05, 4.69) is 17.6 Å². The minimum atomic E-state index is -0.998. The third-order valence-corrected chi connectivity index (χ3v) is 6.49. The van der Waals surface area contributed by atoms with E-state index in [9.17, 15) is 19.5 Å². The van der Waals surface area contributed by atoms with Gasteiger partial charge in [0.2, 0.25) is 11.8 Å². The molecule has 0 aliphatic heterocycles. The molecule has 2 aromatic rings. The molecule has 0 fully saturated rings. The third kappa shape index (κ3) is 10.2. The number of nitrogens with zero attached hydrogens (tertiary/aromatic N) is 1. The van der Waals surface area contributed by atoms with Gasteiger partial charge in [-0.05, 0) is 89.3 Å². The molecule has 220 valence electrons. The van der Waals surface area contributed by atoms with Gasteiger partial charge in [-0.3, -0.25) is 9.59 Å². The zero-order chi connectivity index (χ0) is 30.0. The van der Waals surface area contributed by atoms with Gasteiger partial charge in [-0.15, -0.1) is 0 Å². The molecule has 8 heteroatoms. The van der Waals surface area contributed by atoms with Crippen LogP contribution in [0.2, 0.25) is 0 Å². The van der Waals surface area contributed by atoms with Crippen LogP contribution in [0, 0.1) is 13.8 Å². The minimum Gasteiger partial charge on any atom is -0.508 e. The van der Waals surface area contributed by atoms with Crippen molar-refractivity contribution < 1.29 is 24.2 Å². The molecule has 0 aliphatic carbocycles. The van der Waals surface area contributed by atoms with Crippen LogP contribution >= 0.6 is 0 Å². The number of alkyl carbamates (subject to hydrolysis) is 1. The lowest BCUT2D eigenvalue weighted by molar-refractivity contribution is -0.142. The third-order valence-electron chi connectivity index (χ3n) is 6.49. The number of rotatable bonds is 12. The highest BCUT2D eigenvalue weighted by Crippen LogP contribution is 2.26. The largest absolute Gasteiger partial charge is 0.508 e. The molecule has 0 bridgehead atoms. The number of hydrogen-bond donors (Lipinski definition) is 3. The van der Waals surface area contributed by atoms with Gasteiger partial charge in [-0.2, -0.15) is 0 Å². The molecule has 0 aliphatic rings. The number of phenols is 1. The van der Waals surface area contributed by atoms with Crippen molar-refractivity contribution in [3.63, 3.8) is 0 Å². The second kappa shape index (κ2) is 14.7. The predicted molar refractivity (Wildman–Crippen MR) is 158 cm³/mol. The number of carbonyl (C=O) groups is 3. The van der Waals surface area contributed by atoms with Gasteiger partial charge in [-0.25, -0.2) is 4.79 Å². The SMILES string of the molecule is CCCCCN(C(=O)C(Cc1ccc(O)cc1)NC(=O)OC(C)(C)C)C(C(=O)NC(C)C)c1ccc(C)c(C)c1. The summed E-state index contributed by atoms with van der Waals surface area (Å²) in [6.07, 6.45) is 1.98. The lowest BCUT2D eigenvalue weighted by Gasteiger charge is -2.35. The molecule has 3 amide bonds. The Hall–Kier alpha value is -3.55. The van der Waals surface area contributed by atoms with E-state index >= 15 is 0 Å². The maximum atomic E-state index is 14.4. The van der Waals surface area contributed by atoms with Gasteiger partial charge in [0.15, 0.2) is 0 Å². The molecule has 40 heavy (non-hydrogen) atoms. The van der Waals surface area contributed by atoms with Crippen molar-refractivity contribution in [3.05, 3.63) is 64.7 Å². The maximum absolute atomic E-state index is 14.4. The zero-order valence-electron chi connectivity index (χ0n) is 25.3. The van der Waals surface area contributed by atoms with E-state index in [0.717, 1.165) is 29.5 Å². The van der Waals surface area contributed by atoms with E-state index in [1.54, 1.807) is 37.8 Å². The summed E-state index contributed by atoms with van der Waals surface area (Å²) < 4.78 is 5.49. The lowest BCUT2D eigenvalue weighted by atomic mass is 9.97. The summed E-state index contributed by atoms with van der Waals surface area (Å²) in [6, 6.07) is 10.3. The van der Waals surface area contributed by atoms with Crippen molar-refractivity contribution in [1.29, 1.82) is 0 Å². The van der Waals surface area contributed by atoms with E-state index < -0.39 is 23.8 Å². The smallest absolute Gasteiger partial charge is 0.408 e. The quantitative estimate of drug-likeness (QED) is 0.291. The van der Waals surface area contributed by atoms with Crippen LogP contribution in [-0.2, 0) is 20.7 Å². The molecule has 2 atom stereocenters. The minimum absolute atomic E-state index is 0.105. The van der Waals surface area contributed by atoms with Crippen LogP contribution in [0.15, 0.2) is 42.5 Å². The molecule has 0 saturated heterocycles. The molecule has 0 heterocycles. The van der Waals surface area contributed by atoms with Crippen LogP contribution < -0.4 is 10.6 Å². The molecule has 0 saturated carbocycles. The van der Waals surface area contributed by atoms with Crippen LogP contribution in [0.3, 0.4) is 0 Å². The number of unbranched alkanes of at least 4 members (excludes halogenated alkanes) is 2. The normalized spacial score (nSPS) is 12.9. The Bertz CT molecular complexity index is 1140. The first kappa shape index (κ1) is 32.7. The Morgan fingerprint density at radius 3 is 2.15 bits per heavy atom. The van der Waals surface area contributed by atoms with E-state index in [1.165, 1.54) is 12.1 Å². The highest BCUT2D eigenvalue weighted by Gasteiger charge is 2.36. The molecule has 0 radical (unpaired) electrons. The fourth-order valence-electron chi connectivity index (χ4n) is 4.39. The zero-order valence-corrected chi connectivity index (χ0v) is 25.3. The highest BCUT2D eigenvalue weighted by molar-refractivity contribution is 5.92. The topological polar surface area (TPSA) is 108 Å². The first-order valence-electron chi connectivity index (χ1n) is 14.2. The molecular weight excluding hydrogens is 506 g/mol. The number of aryl methyl sites for hydroxylation is 2. The second-order valence-electron chi connectivity index (χ2n) is 11.7. The summed E-state index contributed by atoms with van der Waals surface area (Å²) in [5.74, 6) is -0.547. The van der Waals surface area contributed by atoms with Crippen molar-refractivity contribution in [2.24, 2.45) is 0 Å². The van der Waals surface area contributed by atoms with Gasteiger partial charge in [0, 0.05) is 19.0 Å². The summed E-state index contributed by atoms with van der Waals surface area (Å²) in [4.78, 5) is 42.6. The van der Waals surface area contributed by atoms with Gasteiger partial charge in [0.1, 0.15) is 23.4 Å². The Balaban J connectivity index is 2.59. The van der Waals surface area contributed by atoms with Gasteiger partial charge in [0.25, 0.3) is 0 Å². The van der Waals surface area contributed by atoms with E-state index in [-0.39, 0.29) is 30.0 Å². The monoisotopic (exact) mass is 553 g/mol. The number of aromatic hydroxyl groups is 1. The summed E-state index contributed by atoms with van der Waals surface area (Å²) in [5.41, 5.74) is 2.82. The first-order chi connectivity index (χ1) is 18.7. The van der Waals surface area contributed by atoms with Gasteiger partial charge in [-0.1, -0.05) is 50.1 Å². The first-order valence-corrected chi connectivity index (χ1v) is 14.2. The molecule has 8 nitrogen and oxygen atoms in total. The molecule has 2 aromatic carbocycles. The van der Waals surface area contributed by atoms with Crippen molar-refractivity contribution >= 4 is 17.9 Å². The molecule has 3 N–H and O–H groups in total. The van der Waals surface area contributed by atoms with Crippen molar-refractivity contribution in [2.45, 2.75) is 105 Å². The summed E-state index contributed by atoms with van der Waals surface area (Å²) >= 11 is 0. The number of carbonyl (C=O) groups excluding carboxylic acids is 3. The average molecular weight is 554 g/mol. The Kier molecular flexibility index (Phi) is 12.0. The van der Waals surface area contributed by atoms with Gasteiger partial charge < -0.3 is 25.4 Å². The predicted octanol–water partition coefficient (Wildman–Crippen LogP) is 5.73. The highest BCUT2D eigenvalue weighted by atomic mass is 16.6. The molecule has 0 aromatic heterocycles. The summed E-state index contributed by atoms with van der Waals surface area (Å²) in [7, 11) is 0. The summed E-state index contributed by atoms with van der Waals surface area (Å²) in [6.45, 7) is 15.5. The molecule has 0 spiro atoms. The Morgan fingerprint density at radius 2 is 1.60 bits per heavy atom. The number of nitrogens with one attached hydrogen (secondary N) is 2. The standard InChI is InChI=1S/C32H47N3O5/c1-9-10-11-18-35(28(29(37)33-21(2)3)25-15-12-22(4)23(5)19-25)30(38)27(34-31(39)40-32(6,7)8)20-24-13-16-26(36)17-14-24/h12-17,19,21,27-28,36H,9-11,18,20H2,1-8H3,(H,33,37)(H,34,39). The van der Waals surface area contributed by atoms with Crippen LogP contribution in [0.4, 0.5) is 4.79 Å². The Labute approximate surface area is 239 Å². The molecule has 2 unspecified atom stereocenters. The second-order valence-corrected chi connectivity index (χ2v) is 11.7. The number of hydrogen-bond acceptors (Lipinski definition) is 5. The van der Waals surface area contributed by atoms with Crippen molar-refractivity contribution in [3.8, 4) is 5.75 Å². The van der Waals surface area contributed by atoms with Gasteiger partial charge >= 0.3 is 6.09 Å². The summed E-state index contributed by atoms with van der Waals surface area (Å²) in [5, 5.41) is 15.5. The number of phenolic OH excluding ortho intramolecular Hbond substituents is 1. The lowest BCUT2D eigenvalue weighted by Crippen LogP contribution is -2.54. The number of amides is 3. The fourth-order valence-corrected chi connectivity index (χ4v) is 4.39. The fraction of sp³-hybridized carbons (Fsp3) is 0.531. The van der Waals surface area contributed by atoms with Crippen LogP contribution in [-0.4, -0.2) is 52.1 Å². The van der Waals surface area contributed by atoms with E-state index in [1.807, 2.05) is 45.9 Å². The average Bonchev–Trinajstić information content (AvgIpc) is 2.84. The van der Waals surface area contributed by atoms with E-state index in [0.29, 0.717) is 18.5 Å². The molecular formula is C32H47N3O5. The number of ether oxygens (including phenoxy) is 1. The number of benzene rings is 2. The van der Waals surface area contributed by atoms with Crippen molar-refractivity contribution in [1.82, 2.24) is 15.5 Å².